The lowest BCUT2D eigenvalue weighted by atomic mass is 9.99. The lowest BCUT2D eigenvalue weighted by molar-refractivity contribution is 0.0960. The highest BCUT2D eigenvalue weighted by Gasteiger charge is 2.19. The molecule has 0 amide bonds. The molecular formula is C23H28N2O3. The summed E-state index contributed by atoms with van der Waals surface area (Å²) in [6.07, 6.45) is 1.28. The van der Waals surface area contributed by atoms with Gasteiger partial charge in [0.05, 0.1) is 5.56 Å². The number of fused-ring (bicyclic) bond motifs is 1. The van der Waals surface area contributed by atoms with E-state index >= 15 is 0 Å². The fraction of sp³-hybridized carbons (Fsp3) is 0.348. The zero-order valence-electron chi connectivity index (χ0n) is 16.9. The molecule has 5 nitrogen and oxygen atoms in total. The Bertz CT molecular complexity index is 969. The third-order valence-electron chi connectivity index (χ3n) is 4.60. The van der Waals surface area contributed by atoms with Crippen LogP contribution in [-0.2, 0) is 7.05 Å². The third-order valence-corrected chi connectivity index (χ3v) is 4.60. The average Bonchev–Trinajstić information content (AvgIpc) is 3.05. The number of ether oxygens (including phenoxy) is 1. The number of rotatable bonds is 7. The van der Waals surface area contributed by atoms with Crippen LogP contribution < -0.4 is 10.1 Å². The number of nitrogens with zero attached hydrogens (tertiary/aromatic N) is 1. The van der Waals surface area contributed by atoms with E-state index in [1.165, 1.54) is 0 Å². The molecule has 1 aromatic heterocycles. The predicted molar refractivity (Wildman–Crippen MR) is 112 cm³/mol. The summed E-state index contributed by atoms with van der Waals surface area (Å²) in [7, 11) is 1.96. The summed E-state index contributed by atoms with van der Waals surface area (Å²) in [5, 5.41) is 14.3. The summed E-state index contributed by atoms with van der Waals surface area (Å²) in [6, 6.07) is 14.9. The minimum Gasteiger partial charge on any atom is -0.490 e. The fourth-order valence-electron chi connectivity index (χ4n) is 3.09. The first-order chi connectivity index (χ1) is 13.3. The van der Waals surface area contributed by atoms with Crippen LogP contribution in [0.5, 0.6) is 5.75 Å². The summed E-state index contributed by atoms with van der Waals surface area (Å²) < 4.78 is 7.80. The number of aryl methyl sites for hydroxylation is 1. The number of ketones is 1. The van der Waals surface area contributed by atoms with E-state index < -0.39 is 6.10 Å². The second-order valence-electron chi connectivity index (χ2n) is 8.09. The topological polar surface area (TPSA) is 63.5 Å². The van der Waals surface area contributed by atoms with Crippen LogP contribution in [0.15, 0.2) is 54.7 Å². The van der Waals surface area contributed by atoms with Gasteiger partial charge in [0, 0.05) is 41.8 Å². The summed E-state index contributed by atoms with van der Waals surface area (Å²) in [5.41, 5.74) is 2.07. The molecule has 148 valence electrons. The van der Waals surface area contributed by atoms with Crippen LogP contribution in [0.3, 0.4) is 0 Å². The molecule has 0 aliphatic rings. The van der Waals surface area contributed by atoms with E-state index in [2.05, 4.69) is 5.32 Å². The van der Waals surface area contributed by atoms with Gasteiger partial charge in [-0.2, -0.15) is 0 Å². The number of carbonyl (C=O) groups excluding carboxylic acids is 1. The van der Waals surface area contributed by atoms with Crippen molar-refractivity contribution in [2.75, 3.05) is 13.2 Å². The van der Waals surface area contributed by atoms with Crippen LogP contribution in [0.4, 0.5) is 0 Å². The fourth-order valence-corrected chi connectivity index (χ4v) is 3.09. The molecule has 3 aromatic rings. The van der Waals surface area contributed by atoms with Crippen LogP contribution in [0.25, 0.3) is 10.9 Å². The monoisotopic (exact) mass is 380 g/mol. The Morgan fingerprint density at radius 3 is 2.57 bits per heavy atom. The zero-order chi connectivity index (χ0) is 20.3. The molecule has 0 bridgehead atoms. The van der Waals surface area contributed by atoms with Crippen molar-refractivity contribution in [2.24, 2.45) is 7.05 Å². The Kier molecular flexibility index (Phi) is 5.87. The number of hydrogen-bond donors (Lipinski definition) is 2. The molecule has 2 aromatic carbocycles. The highest BCUT2D eigenvalue weighted by atomic mass is 16.5. The first-order valence-electron chi connectivity index (χ1n) is 9.50. The number of para-hydroxylation sites is 1. The second-order valence-corrected chi connectivity index (χ2v) is 8.09. The van der Waals surface area contributed by atoms with Crippen molar-refractivity contribution in [3.63, 3.8) is 0 Å². The van der Waals surface area contributed by atoms with Crippen LogP contribution in [0, 0.1) is 0 Å². The number of aliphatic hydroxyl groups is 1. The number of benzene rings is 2. The average molecular weight is 380 g/mol. The lowest BCUT2D eigenvalue weighted by Gasteiger charge is -2.23. The number of aromatic nitrogens is 1. The zero-order valence-corrected chi connectivity index (χ0v) is 16.9. The van der Waals surface area contributed by atoms with Gasteiger partial charge in [0.2, 0.25) is 0 Å². The number of carbonyl (C=O) groups is 1. The molecule has 0 saturated heterocycles. The molecule has 0 saturated carbocycles. The van der Waals surface area contributed by atoms with Crippen LogP contribution in [-0.4, -0.2) is 40.3 Å². The smallest absolute Gasteiger partial charge is 0.197 e. The van der Waals surface area contributed by atoms with Gasteiger partial charge < -0.3 is 19.7 Å². The van der Waals surface area contributed by atoms with E-state index in [0.29, 0.717) is 23.4 Å². The maximum Gasteiger partial charge on any atom is 0.197 e. The Morgan fingerprint density at radius 1 is 1.11 bits per heavy atom. The molecule has 28 heavy (non-hydrogen) atoms. The van der Waals surface area contributed by atoms with E-state index in [9.17, 15) is 9.90 Å². The molecule has 1 atom stereocenters. The number of nitrogens with one attached hydrogen (secondary N) is 1. The maximum absolute atomic E-state index is 13.2. The molecule has 2 N–H and O–H groups in total. The molecular weight excluding hydrogens is 352 g/mol. The summed E-state index contributed by atoms with van der Waals surface area (Å²) in [5.74, 6) is 0.393. The molecule has 1 unspecified atom stereocenters. The lowest BCUT2D eigenvalue weighted by Crippen LogP contribution is -2.42. The van der Waals surface area contributed by atoms with Gasteiger partial charge in [0.15, 0.2) is 5.78 Å². The van der Waals surface area contributed by atoms with Gasteiger partial charge in [-0.3, -0.25) is 4.79 Å². The van der Waals surface area contributed by atoms with Gasteiger partial charge >= 0.3 is 0 Å². The third kappa shape index (κ3) is 4.61. The van der Waals surface area contributed by atoms with Gasteiger partial charge in [-0.1, -0.05) is 24.3 Å². The Hall–Kier alpha value is -2.63. The summed E-state index contributed by atoms with van der Waals surface area (Å²) in [4.78, 5) is 13.2. The van der Waals surface area contributed by atoms with Crippen LogP contribution in [0.2, 0.25) is 0 Å². The largest absolute Gasteiger partial charge is 0.490 e. The normalized spacial score (nSPS) is 12.9. The van der Waals surface area contributed by atoms with Gasteiger partial charge in [0.25, 0.3) is 0 Å². The molecule has 0 aliphatic heterocycles. The first-order valence-corrected chi connectivity index (χ1v) is 9.50. The Labute approximate surface area is 165 Å². The first kappa shape index (κ1) is 20.1. The standard InChI is InChI=1S/C23H28N2O3/c1-23(2,3)24-14-16(26)15-28-21-11-6-5-8-19(21)22(27)18-9-7-10-20-17(18)12-13-25(20)4/h5-13,16,24,26H,14-15H2,1-4H3. The number of hydrogen-bond acceptors (Lipinski definition) is 4. The van der Waals surface area contributed by atoms with E-state index in [1.807, 2.05) is 75.0 Å². The quantitative estimate of drug-likeness (QED) is 0.616. The second kappa shape index (κ2) is 8.17. The Morgan fingerprint density at radius 2 is 1.82 bits per heavy atom. The molecule has 0 radical (unpaired) electrons. The van der Waals surface area contributed by atoms with E-state index in [4.69, 9.17) is 4.74 Å². The maximum atomic E-state index is 13.2. The summed E-state index contributed by atoms with van der Waals surface area (Å²) >= 11 is 0. The van der Waals surface area contributed by atoms with Gasteiger partial charge in [-0.25, -0.2) is 0 Å². The highest BCUT2D eigenvalue weighted by Crippen LogP contribution is 2.26. The van der Waals surface area contributed by atoms with Crippen molar-refractivity contribution in [2.45, 2.75) is 32.4 Å². The van der Waals surface area contributed by atoms with Gasteiger partial charge in [0.1, 0.15) is 18.5 Å². The van der Waals surface area contributed by atoms with E-state index in [-0.39, 0.29) is 17.9 Å². The molecule has 1 heterocycles. The molecule has 3 rings (SSSR count). The minimum atomic E-state index is -0.667. The molecule has 0 fully saturated rings. The molecule has 5 heteroatoms. The number of β-amino-alcohol motifs (C(OH)–C–C–N with tert-alkyl or cyclic N) is 1. The van der Waals surface area contributed by atoms with Crippen molar-refractivity contribution >= 4 is 16.7 Å². The number of aliphatic hydroxyl groups excluding tert-OH is 1. The van der Waals surface area contributed by atoms with Gasteiger partial charge in [-0.05, 0) is 45.0 Å². The van der Waals surface area contributed by atoms with E-state index in [1.54, 1.807) is 12.1 Å². The van der Waals surface area contributed by atoms with Crippen molar-refractivity contribution in [1.29, 1.82) is 0 Å². The Balaban J connectivity index is 1.79. The van der Waals surface area contributed by atoms with E-state index in [0.717, 1.165) is 10.9 Å². The van der Waals surface area contributed by atoms with Crippen molar-refractivity contribution in [1.82, 2.24) is 9.88 Å². The predicted octanol–water partition coefficient (Wildman–Crippen LogP) is 3.54. The minimum absolute atomic E-state index is 0.0801. The van der Waals surface area contributed by atoms with Crippen LogP contribution >= 0.6 is 0 Å². The van der Waals surface area contributed by atoms with Crippen molar-refractivity contribution in [3.05, 3.63) is 65.9 Å². The SMILES string of the molecule is Cn1ccc2c(C(=O)c3ccccc3OCC(O)CNC(C)(C)C)cccc21. The van der Waals surface area contributed by atoms with Crippen molar-refractivity contribution in [3.8, 4) is 5.75 Å². The summed E-state index contributed by atoms with van der Waals surface area (Å²) in [6.45, 7) is 6.65. The van der Waals surface area contributed by atoms with Gasteiger partial charge in [-0.15, -0.1) is 0 Å². The highest BCUT2D eigenvalue weighted by molar-refractivity contribution is 6.17. The molecule has 0 aliphatic carbocycles. The molecule has 0 spiro atoms. The van der Waals surface area contributed by atoms with Crippen molar-refractivity contribution < 1.29 is 14.6 Å². The van der Waals surface area contributed by atoms with Crippen LogP contribution in [0.1, 0.15) is 36.7 Å².